The van der Waals surface area contributed by atoms with Crippen molar-refractivity contribution in [2.45, 2.75) is 11.4 Å². The molecule has 2 aromatic carbocycles. The van der Waals surface area contributed by atoms with Crippen molar-refractivity contribution in [2.75, 3.05) is 7.11 Å². The predicted octanol–water partition coefficient (Wildman–Crippen LogP) is 3.50. The van der Waals surface area contributed by atoms with Gasteiger partial charge in [0.15, 0.2) is 11.6 Å². The zero-order valence-corrected chi connectivity index (χ0v) is 15.2. The van der Waals surface area contributed by atoms with Gasteiger partial charge >= 0.3 is 0 Å². The Balaban J connectivity index is 1.70. The van der Waals surface area contributed by atoms with Gasteiger partial charge in [0.25, 0.3) is 0 Å². The average molecular weight is 388 g/mol. The van der Waals surface area contributed by atoms with Crippen molar-refractivity contribution in [3.63, 3.8) is 0 Å². The fourth-order valence-corrected chi connectivity index (χ4v) is 3.35. The number of rotatable bonds is 7. The van der Waals surface area contributed by atoms with Crippen molar-refractivity contribution in [2.24, 2.45) is 0 Å². The smallest absolute Gasteiger partial charge is 0.240 e. The van der Waals surface area contributed by atoms with Crippen LogP contribution in [0.15, 0.2) is 71.8 Å². The van der Waals surface area contributed by atoms with E-state index in [4.69, 9.17) is 9.47 Å². The maximum atomic E-state index is 13.8. The molecule has 140 valence electrons. The molecule has 0 amide bonds. The Labute approximate surface area is 156 Å². The summed E-state index contributed by atoms with van der Waals surface area (Å²) in [6, 6.07) is 15.7. The van der Waals surface area contributed by atoms with Gasteiger partial charge in [-0.1, -0.05) is 18.2 Å². The van der Waals surface area contributed by atoms with Gasteiger partial charge in [0.2, 0.25) is 15.9 Å². The van der Waals surface area contributed by atoms with E-state index in [9.17, 15) is 12.8 Å². The third kappa shape index (κ3) is 4.81. The number of methoxy groups -OCH3 is 1. The molecule has 6 nitrogen and oxygen atoms in total. The molecule has 27 heavy (non-hydrogen) atoms. The molecule has 1 aromatic heterocycles. The Hall–Kier alpha value is -2.97. The number of nitrogens with one attached hydrogen (secondary N) is 1. The van der Waals surface area contributed by atoms with Gasteiger partial charge in [-0.05, 0) is 42.0 Å². The molecule has 0 aliphatic heterocycles. The Kier molecular flexibility index (Phi) is 5.68. The first-order valence-electron chi connectivity index (χ1n) is 7.99. The lowest BCUT2D eigenvalue weighted by atomic mass is 10.2. The molecule has 1 heterocycles. The fraction of sp³-hybridized carbons (Fsp3) is 0.105. The van der Waals surface area contributed by atoms with Crippen LogP contribution in [0, 0.1) is 5.82 Å². The molecule has 1 N–H and O–H groups in total. The first-order chi connectivity index (χ1) is 13.0. The standard InChI is InChI=1S/C19H17FN2O4S/c1-25-18-9-8-16(12-17(18)20)27(23,24)22-13-14-5-4-6-15(11-14)26-19-7-2-3-10-21-19/h2-12,22H,13H2,1H3. The third-order valence-electron chi connectivity index (χ3n) is 3.66. The molecule has 8 heteroatoms. The van der Waals surface area contributed by atoms with Crippen LogP contribution in [0.2, 0.25) is 0 Å². The maximum Gasteiger partial charge on any atom is 0.240 e. The SMILES string of the molecule is COc1ccc(S(=O)(=O)NCc2cccc(Oc3ccccn3)c2)cc1F. The summed E-state index contributed by atoms with van der Waals surface area (Å²) in [4.78, 5) is 3.89. The van der Waals surface area contributed by atoms with E-state index in [0.717, 1.165) is 6.07 Å². The van der Waals surface area contributed by atoms with E-state index in [0.29, 0.717) is 17.2 Å². The van der Waals surface area contributed by atoms with Crippen LogP contribution in [-0.2, 0) is 16.6 Å². The number of hydrogen-bond donors (Lipinski definition) is 1. The lowest BCUT2D eigenvalue weighted by Crippen LogP contribution is -2.23. The van der Waals surface area contributed by atoms with Crippen LogP contribution < -0.4 is 14.2 Å². The molecule has 0 fully saturated rings. The predicted molar refractivity (Wildman–Crippen MR) is 97.7 cm³/mol. The van der Waals surface area contributed by atoms with Gasteiger partial charge in [0.05, 0.1) is 12.0 Å². The van der Waals surface area contributed by atoms with Crippen LogP contribution in [-0.4, -0.2) is 20.5 Å². The summed E-state index contributed by atoms with van der Waals surface area (Å²) in [5.41, 5.74) is 0.681. The number of aromatic nitrogens is 1. The molecular formula is C19H17FN2O4S. The molecule has 0 aliphatic carbocycles. The minimum Gasteiger partial charge on any atom is -0.494 e. The molecular weight excluding hydrogens is 371 g/mol. The molecule has 0 unspecified atom stereocenters. The van der Waals surface area contributed by atoms with Crippen LogP contribution in [0.5, 0.6) is 17.4 Å². The van der Waals surface area contributed by atoms with E-state index in [-0.39, 0.29) is 17.2 Å². The second kappa shape index (κ2) is 8.15. The van der Waals surface area contributed by atoms with Crippen molar-refractivity contribution in [1.29, 1.82) is 0 Å². The zero-order chi connectivity index (χ0) is 19.3. The number of pyridine rings is 1. The molecule has 0 atom stereocenters. The molecule has 3 rings (SSSR count). The van der Waals surface area contributed by atoms with Crippen molar-refractivity contribution >= 4 is 10.0 Å². The minimum atomic E-state index is -3.88. The highest BCUT2D eigenvalue weighted by Crippen LogP contribution is 2.22. The Morgan fingerprint density at radius 1 is 1.07 bits per heavy atom. The quantitative estimate of drug-likeness (QED) is 0.670. The van der Waals surface area contributed by atoms with Gasteiger partial charge in [-0.15, -0.1) is 0 Å². The zero-order valence-electron chi connectivity index (χ0n) is 14.4. The monoisotopic (exact) mass is 388 g/mol. The normalized spacial score (nSPS) is 11.2. The maximum absolute atomic E-state index is 13.8. The lowest BCUT2D eigenvalue weighted by molar-refractivity contribution is 0.385. The topological polar surface area (TPSA) is 77.5 Å². The van der Waals surface area contributed by atoms with Gasteiger partial charge in [-0.25, -0.2) is 22.5 Å². The second-order valence-electron chi connectivity index (χ2n) is 5.54. The third-order valence-corrected chi connectivity index (χ3v) is 5.06. The van der Waals surface area contributed by atoms with Crippen LogP contribution in [0.25, 0.3) is 0 Å². The highest BCUT2D eigenvalue weighted by molar-refractivity contribution is 7.89. The number of benzene rings is 2. The molecule has 3 aromatic rings. The summed E-state index contributed by atoms with van der Waals surface area (Å²) in [7, 11) is -2.57. The number of sulfonamides is 1. The van der Waals surface area contributed by atoms with Crippen molar-refractivity contribution in [1.82, 2.24) is 9.71 Å². The van der Waals surface area contributed by atoms with Gasteiger partial charge in [-0.2, -0.15) is 0 Å². The summed E-state index contributed by atoms with van der Waals surface area (Å²) in [5.74, 6) is 0.198. The summed E-state index contributed by atoms with van der Waals surface area (Å²) < 4.78 is 51.4. The van der Waals surface area contributed by atoms with E-state index >= 15 is 0 Å². The Bertz CT molecular complexity index is 1030. The first-order valence-corrected chi connectivity index (χ1v) is 9.47. The minimum absolute atomic E-state index is 0.0201. The number of ether oxygens (including phenoxy) is 2. The van der Waals surface area contributed by atoms with E-state index in [1.807, 2.05) is 0 Å². The van der Waals surface area contributed by atoms with Gasteiger partial charge in [0.1, 0.15) is 5.75 Å². The lowest BCUT2D eigenvalue weighted by Gasteiger charge is -2.10. The van der Waals surface area contributed by atoms with Crippen LogP contribution in [0.1, 0.15) is 5.56 Å². The van der Waals surface area contributed by atoms with E-state index in [2.05, 4.69) is 9.71 Å². The molecule has 0 radical (unpaired) electrons. The van der Waals surface area contributed by atoms with Crippen molar-refractivity contribution < 1.29 is 22.3 Å². The Morgan fingerprint density at radius 2 is 1.93 bits per heavy atom. The summed E-state index contributed by atoms with van der Waals surface area (Å²) in [5, 5.41) is 0. The van der Waals surface area contributed by atoms with Crippen LogP contribution in [0.4, 0.5) is 4.39 Å². The second-order valence-corrected chi connectivity index (χ2v) is 7.31. The molecule has 0 bridgehead atoms. The molecule has 0 saturated heterocycles. The van der Waals surface area contributed by atoms with E-state index < -0.39 is 15.8 Å². The summed E-state index contributed by atoms with van der Waals surface area (Å²) in [6.45, 7) is 0.0232. The van der Waals surface area contributed by atoms with Gasteiger partial charge in [0, 0.05) is 18.8 Å². The van der Waals surface area contributed by atoms with E-state index in [1.165, 1.54) is 19.2 Å². The molecule has 0 spiro atoms. The van der Waals surface area contributed by atoms with E-state index in [1.54, 1.807) is 48.7 Å². The van der Waals surface area contributed by atoms with Crippen molar-refractivity contribution in [3.8, 4) is 17.4 Å². The highest BCUT2D eigenvalue weighted by Gasteiger charge is 2.16. The molecule has 0 aliphatic rings. The number of nitrogens with zero attached hydrogens (tertiary/aromatic N) is 1. The summed E-state index contributed by atoms with van der Waals surface area (Å²) >= 11 is 0. The molecule has 0 saturated carbocycles. The average Bonchev–Trinajstić information content (AvgIpc) is 2.67. The Morgan fingerprint density at radius 3 is 2.63 bits per heavy atom. The first kappa shape index (κ1) is 18.8. The van der Waals surface area contributed by atoms with Crippen molar-refractivity contribution in [3.05, 3.63) is 78.2 Å². The highest BCUT2D eigenvalue weighted by atomic mass is 32.2. The van der Waals surface area contributed by atoms with Crippen LogP contribution >= 0.6 is 0 Å². The van der Waals surface area contributed by atoms with Gasteiger partial charge < -0.3 is 9.47 Å². The van der Waals surface area contributed by atoms with Crippen LogP contribution in [0.3, 0.4) is 0 Å². The number of hydrogen-bond acceptors (Lipinski definition) is 5. The number of halogens is 1. The largest absolute Gasteiger partial charge is 0.494 e. The van der Waals surface area contributed by atoms with Gasteiger partial charge in [-0.3, -0.25) is 0 Å². The summed E-state index contributed by atoms with van der Waals surface area (Å²) in [6.07, 6.45) is 1.61. The fourth-order valence-electron chi connectivity index (χ4n) is 2.32.